The number of hydrogen-bond donors (Lipinski definition) is 2. The van der Waals surface area contributed by atoms with Gasteiger partial charge in [-0.1, -0.05) is 19.1 Å². The van der Waals surface area contributed by atoms with Crippen LogP contribution in [-0.2, 0) is 11.2 Å². The Balaban J connectivity index is 1.99. The van der Waals surface area contributed by atoms with Gasteiger partial charge >= 0.3 is 0 Å². The van der Waals surface area contributed by atoms with Crippen LogP contribution in [0.15, 0.2) is 24.3 Å². The normalized spacial score (nSPS) is 22.4. The van der Waals surface area contributed by atoms with E-state index in [4.69, 9.17) is 10.6 Å². The van der Waals surface area contributed by atoms with Crippen LogP contribution in [0, 0.1) is 5.82 Å². The zero-order chi connectivity index (χ0) is 13.7. The Morgan fingerprint density at radius 3 is 3.11 bits per heavy atom. The van der Waals surface area contributed by atoms with Crippen molar-refractivity contribution in [3.8, 4) is 0 Å². The fourth-order valence-corrected chi connectivity index (χ4v) is 2.48. The van der Waals surface area contributed by atoms with E-state index in [1.54, 1.807) is 12.1 Å². The van der Waals surface area contributed by atoms with Gasteiger partial charge in [-0.05, 0) is 30.7 Å². The van der Waals surface area contributed by atoms with Gasteiger partial charge in [-0.25, -0.2) is 4.39 Å². The van der Waals surface area contributed by atoms with E-state index in [0.717, 1.165) is 31.8 Å². The molecule has 0 aromatic heterocycles. The highest BCUT2D eigenvalue weighted by atomic mass is 19.1. The highest BCUT2D eigenvalue weighted by Crippen LogP contribution is 2.13. The Morgan fingerprint density at radius 2 is 2.42 bits per heavy atom. The summed E-state index contributed by atoms with van der Waals surface area (Å²) in [6, 6.07) is 6.62. The Hall–Kier alpha value is -1.01. The number of morpholine rings is 1. The fourth-order valence-electron chi connectivity index (χ4n) is 2.48. The second-order valence-corrected chi connectivity index (χ2v) is 4.91. The second-order valence-electron chi connectivity index (χ2n) is 4.91. The highest BCUT2D eigenvalue weighted by Gasteiger charge is 2.27. The molecule has 19 heavy (non-hydrogen) atoms. The smallest absolute Gasteiger partial charge is 0.123 e. The van der Waals surface area contributed by atoms with Crippen molar-refractivity contribution in [2.75, 3.05) is 26.2 Å². The summed E-state index contributed by atoms with van der Waals surface area (Å²) in [5.74, 6) is 5.42. The first kappa shape index (κ1) is 14.4. The van der Waals surface area contributed by atoms with Gasteiger partial charge in [0.1, 0.15) is 5.82 Å². The quantitative estimate of drug-likeness (QED) is 0.615. The molecule has 2 atom stereocenters. The molecular weight excluding hydrogens is 245 g/mol. The lowest BCUT2D eigenvalue weighted by Crippen LogP contribution is -2.54. The number of nitrogens with one attached hydrogen (secondary N) is 1. The minimum atomic E-state index is -0.215. The zero-order valence-corrected chi connectivity index (χ0v) is 11.3. The number of rotatable bonds is 5. The van der Waals surface area contributed by atoms with Gasteiger partial charge in [0.15, 0.2) is 0 Å². The van der Waals surface area contributed by atoms with Crippen LogP contribution in [0.25, 0.3) is 0 Å². The average molecular weight is 267 g/mol. The summed E-state index contributed by atoms with van der Waals surface area (Å²) in [5.41, 5.74) is 3.74. The van der Waals surface area contributed by atoms with E-state index in [1.165, 1.54) is 6.07 Å². The third-order valence-electron chi connectivity index (χ3n) is 3.63. The zero-order valence-electron chi connectivity index (χ0n) is 11.3. The molecule has 1 aliphatic rings. The van der Waals surface area contributed by atoms with Crippen LogP contribution in [-0.4, -0.2) is 43.3 Å². The molecule has 0 radical (unpaired) electrons. The first-order valence-electron chi connectivity index (χ1n) is 6.77. The molecule has 3 N–H and O–H groups in total. The van der Waals surface area contributed by atoms with E-state index in [9.17, 15) is 4.39 Å². The van der Waals surface area contributed by atoms with Gasteiger partial charge in [0.05, 0.1) is 18.8 Å². The number of likely N-dealkylation sites (N-methyl/N-ethyl adjacent to an activating group) is 1. The first-order valence-corrected chi connectivity index (χ1v) is 6.77. The van der Waals surface area contributed by atoms with Crippen molar-refractivity contribution in [1.82, 2.24) is 10.3 Å². The van der Waals surface area contributed by atoms with Crippen molar-refractivity contribution >= 4 is 0 Å². The molecule has 4 nitrogen and oxygen atoms in total. The number of hydrazine groups is 1. The van der Waals surface area contributed by atoms with E-state index in [2.05, 4.69) is 17.2 Å². The lowest BCUT2D eigenvalue weighted by Gasteiger charge is -2.36. The van der Waals surface area contributed by atoms with Crippen molar-refractivity contribution in [2.45, 2.75) is 25.5 Å². The van der Waals surface area contributed by atoms with Crippen LogP contribution in [0.3, 0.4) is 0 Å². The van der Waals surface area contributed by atoms with E-state index in [1.807, 2.05) is 6.07 Å². The largest absolute Gasteiger partial charge is 0.374 e. The molecule has 1 aliphatic heterocycles. The van der Waals surface area contributed by atoms with Gasteiger partial charge in [-0.15, -0.1) is 0 Å². The third-order valence-corrected chi connectivity index (χ3v) is 3.63. The van der Waals surface area contributed by atoms with Gasteiger partial charge in [0, 0.05) is 13.1 Å². The maximum absolute atomic E-state index is 13.2. The van der Waals surface area contributed by atoms with E-state index < -0.39 is 0 Å². The van der Waals surface area contributed by atoms with Gasteiger partial charge in [0.25, 0.3) is 0 Å². The minimum Gasteiger partial charge on any atom is -0.374 e. The molecule has 1 aromatic rings. The standard InChI is InChI=1S/C14H22FN3O/c1-2-18-6-7-19-14(10-18)13(17-16)9-11-4-3-5-12(15)8-11/h3-5,8,13-14,17H,2,6-7,9-10,16H2,1H3. The molecule has 1 saturated heterocycles. The van der Waals surface area contributed by atoms with E-state index >= 15 is 0 Å². The highest BCUT2D eigenvalue weighted by molar-refractivity contribution is 5.17. The molecule has 0 bridgehead atoms. The van der Waals surface area contributed by atoms with Crippen LogP contribution < -0.4 is 11.3 Å². The predicted molar refractivity (Wildman–Crippen MR) is 73.1 cm³/mol. The lowest BCUT2D eigenvalue weighted by molar-refractivity contribution is -0.0448. The Labute approximate surface area is 113 Å². The maximum Gasteiger partial charge on any atom is 0.123 e. The number of nitrogens with two attached hydrogens (primary N) is 1. The lowest BCUT2D eigenvalue weighted by atomic mass is 10.0. The van der Waals surface area contributed by atoms with Crippen molar-refractivity contribution < 1.29 is 9.13 Å². The van der Waals surface area contributed by atoms with Crippen LogP contribution in [0.2, 0.25) is 0 Å². The summed E-state index contributed by atoms with van der Waals surface area (Å²) in [6.45, 7) is 5.70. The van der Waals surface area contributed by atoms with Crippen LogP contribution in [0.4, 0.5) is 4.39 Å². The van der Waals surface area contributed by atoms with Crippen molar-refractivity contribution in [2.24, 2.45) is 5.84 Å². The molecule has 1 fully saturated rings. The minimum absolute atomic E-state index is 0.00356. The van der Waals surface area contributed by atoms with Crippen LogP contribution >= 0.6 is 0 Å². The molecule has 1 heterocycles. The van der Waals surface area contributed by atoms with Crippen LogP contribution in [0.1, 0.15) is 12.5 Å². The molecule has 0 spiro atoms. The number of benzene rings is 1. The monoisotopic (exact) mass is 267 g/mol. The topological polar surface area (TPSA) is 50.5 Å². The van der Waals surface area contributed by atoms with Crippen molar-refractivity contribution in [3.63, 3.8) is 0 Å². The predicted octanol–water partition coefficient (Wildman–Crippen LogP) is 0.921. The summed E-state index contributed by atoms with van der Waals surface area (Å²) in [4.78, 5) is 2.34. The summed E-state index contributed by atoms with van der Waals surface area (Å²) in [5, 5.41) is 0. The van der Waals surface area contributed by atoms with E-state index in [-0.39, 0.29) is 18.0 Å². The number of halogens is 1. The Kier molecular flexibility index (Phi) is 5.27. The SMILES string of the molecule is CCN1CCOC(C(Cc2cccc(F)c2)NN)C1. The molecule has 0 amide bonds. The van der Waals surface area contributed by atoms with Crippen molar-refractivity contribution in [1.29, 1.82) is 0 Å². The molecule has 106 valence electrons. The number of ether oxygens (including phenoxy) is 1. The Bertz CT molecular complexity index is 402. The van der Waals surface area contributed by atoms with Gasteiger partial charge in [-0.3, -0.25) is 16.2 Å². The number of hydrogen-bond acceptors (Lipinski definition) is 4. The molecule has 2 rings (SSSR count). The van der Waals surface area contributed by atoms with Gasteiger partial charge in [0.2, 0.25) is 0 Å². The summed E-state index contributed by atoms with van der Waals surface area (Å²) in [6.07, 6.45) is 0.707. The van der Waals surface area contributed by atoms with Gasteiger partial charge in [-0.2, -0.15) is 0 Å². The van der Waals surface area contributed by atoms with Crippen LogP contribution in [0.5, 0.6) is 0 Å². The Morgan fingerprint density at radius 1 is 1.58 bits per heavy atom. The molecule has 0 saturated carbocycles. The fraction of sp³-hybridized carbons (Fsp3) is 0.571. The third kappa shape index (κ3) is 3.98. The molecule has 2 unspecified atom stereocenters. The van der Waals surface area contributed by atoms with Crippen molar-refractivity contribution in [3.05, 3.63) is 35.6 Å². The summed E-state index contributed by atoms with van der Waals surface area (Å²) >= 11 is 0. The average Bonchev–Trinajstić information content (AvgIpc) is 2.45. The summed E-state index contributed by atoms with van der Waals surface area (Å²) in [7, 11) is 0. The van der Waals surface area contributed by atoms with E-state index in [0.29, 0.717) is 6.42 Å². The number of nitrogens with zero attached hydrogens (tertiary/aromatic N) is 1. The maximum atomic E-state index is 13.2. The second kappa shape index (κ2) is 6.96. The first-order chi connectivity index (χ1) is 9.22. The summed E-state index contributed by atoms with van der Waals surface area (Å²) < 4.78 is 19.0. The molecule has 1 aromatic carbocycles. The van der Waals surface area contributed by atoms with Gasteiger partial charge < -0.3 is 4.74 Å². The molecule has 5 heteroatoms. The molecule has 0 aliphatic carbocycles. The molecular formula is C14H22FN3O.